The van der Waals surface area contributed by atoms with E-state index in [1.54, 1.807) is 10.9 Å². The number of aromatic nitrogens is 3. The van der Waals surface area contributed by atoms with Gasteiger partial charge in [-0.3, -0.25) is 0 Å². The van der Waals surface area contributed by atoms with Gasteiger partial charge < -0.3 is 9.47 Å². The van der Waals surface area contributed by atoms with Gasteiger partial charge in [-0.2, -0.15) is 5.10 Å². The van der Waals surface area contributed by atoms with Crippen molar-refractivity contribution in [2.45, 2.75) is 13.3 Å². The third-order valence-corrected chi connectivity index (χ3v) is 3.63. The third kappa shape index (κ3) is 4.23. The Morgan fingerprint density at radius 2 is 1.88 bits per heavy atom. The maximum atomic E-state index is 12.2. The van der Waals surface area contributed by atoms with E-state index in [9.17, 15) is 4.79 Å². The van der Waals surface area contributed by atoms with Crippen LogP contribution in [-0.2, 0) is 4.74 Å². The van der Waals surface area contributed by atoms with Crippen LogP contribution in [0.4, 0.5) is 0 Å². The largest absolute Gasteiger partial charge is 0.493 e. The number of pyridine rings is 1. The number of benzene rings is 1. The van der Waals surface area contributed by atoms with E-state index in [1.165, 1.54) is 6.20 Å². The van der Waals surface area contributed by atoms with Crippen molar-refractivity contribution in [3.63, 3.8) is 0 Å². The van der Waals surface area contributed by atoms with E-state index >= 15 is 0 Å². The summed E-state index contributed by atoms with van der Waals surface area (Å²) < 4.78 is 12.5. The molecular weight excluding hydrogens is 318 g/mol. The molecule has 0 atom stereocenters. The molecule has 0 aliphatic heterocycles. The third-order valence-electron chi connectivity index (χ3n) is 3.63. The molecule has 3 rings (SSSR count). The Morgan fingerprint density at radius 1 is 1.08 bits per heavy atom. The van der Waals surface area contributed by atoms with Crippen molar-refractivity contribution in [3.8, 4) is 11.6 Å². The van der Waals surface area contributed by atoms with Crippen LogP contribution in [0.15, 0.2) is 60.9 Å². The number of carbonyl (C=O) groups excluding carboxylic acids is 1. The second-order valence-corrected chi connectivity index (χ2v) is 5.39. The lowest BCUT2D eigenvalue weighted by Crippen LogP contribution is -2.10. The van der Waals surface area contributed by atoms with Crippen molar-refractivity contribution in [1.29, 1.82) is 0 Å². The minimum atomic E-state index is -0.389. The van der Waals surface area contributed by atoms with Gasteiger partial charge in [0.15, 0.2) is 5.82 Å². The topological polar surface area (TPSA) is 66.2 Å². The molecule has 0 bridgehead atoms. The van der Waals surface area contributed by atoms with E-state index < -0.39 is 0 Å². The molecule has 0 saturated heterocycles. The molecule has 0 unspecified atom stereocenters. The minimum Gasteiger partial charge on any atom is -0.493 e. The summed E-state index contributed by atoms with van der Waals surface area (Å²) in [6.07, 6.45) is 3.81. The molecule has 0 radical (unpaired) electrons. The Morgan fingerprint density at radius 3 is 2.64 bits per heavy atom. The Labute approximate surface area is 146 Å². The number of esters is 1. The molecule has 0 aliphatic rings. The monoisotopic (exact) mass is 337 g/mol. The van der Waals surface area contributed by atoms with E-state index in [1.807, 2.05) is 55.5 Å². The van der Waals surface area contributed by atoms with Crippen LogP contribution in [-0.4, -0.2) is 33.9 Å². The van der Waals surface area contributed by atoms with Crippen LogP contribution in [0.3, 0.4) is 0 Å². The molecule has 0 fully saturated rings. The first kappa shape index (κ1) is 16.7. The highest BCUT2D eigenvalue weighted by atomic mass is 16.5. The second kappa shape index (κ2) is 8.10. The van der Waals surface area contributed by atoms with Crippen molar-refractivity contribution in [2.24, 2.45) is 0 Å². The van der Waals surface area contributed by atoms with Crippen LogP contribution < -0.4 is 4.74 Å². The fourth-order valence-corrected chi connectivity index (χ4v) is 2.33. The highest BCUT2D eigenvalue weighted by Gasteiger charge is 2.16. The number of rotatable bonds is 7. The fraction of sp³-hybridized carbons (Fsp3) is 0.211. The van der Waals surface area contributed by atoms with E-state index in [4.69, 9.17) is 9.47 Å². The van der Waals surface area contributed by atoms with Gasteiger partial charge in [-0.1, -0.05) is 24.3 Å². The molecule has 1 aromatic carbocycles. The van der Waals surface area contributed by atoms with E-state index in [0.717, 1.165) is 5.75 Å². The predicted octanol–water partition coefficient (Wildman–Crippen LogP) is 3.20. The first-order valence-corrected chi connectivity index (χ1v) is 8.06. The van der Waals surface area contributed by atoms with Gasteiger partial charge in [0.2, 0.25) is 0 Å². The number of carbonyl (C=O) groups is 1. The van der Waals surface area contributed by atoms with Gasteiger partial charge in [0.25, 0.3) is 0 Å². The summed E-state index contributed by atoms with van der Waals surface area (Å²) >= 11 is 0. The van der Waals surface area contributed by atoms with E-state index in [-0.39, 0.29) is 5.97 Å². The summed E-state index contributed by atoms with van der Waals surface area (Å²) in [5.74, 6) is 1.08. The first-order valence-electron chi connectivity index (χ1n) is 8.06. The molecule has 0 aliphatic carbocycles. The summed E-state index contributed by atoms with van der Waals surface area (Å²) in [6.45, 7) is 2.60. The lowest BCUT2D eigenvalue weighted by atomic mass is 10.2. The maximum Gasteiger partial charge on any atom is 0.341 e. The highest BCUT2D eigenvalue weighted by molar-refractivity contribution is 5.90. The predicted molar refractivity (Wildman–Crippen MR) is 92.9 cm³/mol. The molecule has 6 heteroatoms. The van der Waals surface area contributed by atoms with Crippen LogP contribution in [0, 0.1) is 6.92 Å². The summed E-state index contributed by atoms with van der Waals surface area (Å²) in [4.78, 5) is 16.4. The quantitative estimate of drug-likeness (QED) is 0.489. The Bertz CT molecular complexity index is 816. The SMILES string of the molecule is Cc1c(C(=O)OCCCOc2ccccc2)cnn1-c1ccccn1. The zero-order valence-electron chi connectivity index (χ0n) is 14.0. The number of hydrogen-bond acceptors (Lipinski definition) is 5. The highest BCUT2D eigenvalue weighted by Crippen LogP contribution is 2.13. The van der Waals surface area contributed by atoms with Gasteiger partial charge in [0.1, 0.15) is 11.3 Å². The van der Waals surface area contributed by atoms with Gasteiger partial charge in [-0.25, -0.2) is 14.5 Å². The molecule has 2 aromatic heterocycles. The second-order valence-electron chi connectivity index (χ2n) is 5.39. The van der Waals surface area contributed by atoms with Gasteiger partial charge in [0.05, 0.1) is 25.1 Å². The van der Waals surface area contributed by atoms with Gasteiger partial charge in [-0.05, 0) is 31.2 Å². The van der Waals surface area contributed by atoms with Crippen LogP contribution in [0.5, 0.6) is 5.75 Å². The van der Waals surface area contributed by atoms with Crippen molar-refractivity contribution in [1.82, 2.24) is 14.8 Å². The zero-order valence-corrected chi connectivity index (χ0v) is 14.0. The average molecular weight is 337 g/mol. The van der Waals surface area contributed by atoms with Crippen molar-refractivity contribution >= 4 is 5.97 Å². The van der Waals surface area contributed by atoms with Crippen LogP contribution in [0.25, 0.3) is 5.82 Å². The fourth-order valence-electron chi connectivity index (χ4n) is 2.33. The smallest absolute Gasteiger partial charge is 0.341 e. The number of para-hydroxylation sites is 1. The number of nitrogens with zero attached hydrogens (tertiary/aromatic N) is 3. The van der Waals surface area contributed by atoms with Gasteiger partial charge >= 0.3 is 5.97 Å². The Hall–Kier alpha value is -3.15. The normalized spacial score (nSPS) is 10.4. The van der Waals surface area contributed by atoms with Crippen LogP contribution in [0.2, 0.25) is 0 Å². The van der Waals surface area contributed by atoms with Crippen molar-refractivity contribution in [2.75, 3.05) is 13.2 Å². The lowest BCUT2D eigenvalue weighted by Gasteiger charge is -2.07. The van der Waals surface area contributed by atoms with E-state index in [0.29, 0.717) is 36.7 Å². The molecule has 2 heterocycles. The maximum absolute atomic E-state index is 12.2. The molecule has 3 aromatic rings. The average Bonchev–Trinajstić information content (AvgIpc) is 3.04. The Kier molecular flexibility index (Phi) is 5.41. The molecule has 0 spiro atoms. The Balaban J connectivity index is 1.50. The number of ether oxygens (including phenoxy) is 2. The van der Waals surface area contributed by atoms with Crippen LogP contribution >= 0.6 is 0 Å². The molecular formula is C19H19N3O3. The molecule has 25 heavy (non-hydrogen) atoms. The van der Waals surface area contributed by atoms with E-state index in [2.05, 4.69) is 10.1 Å². The summed E-state index contributed by atoms with van der Waals surface area (Å²) in [7, 11) is 0. The summed E-state index contributed by atoms with van der Waals surface area (Å²) in [5.41, 5.74) is 1.14. The zero-order chi connectivity index (χ0) is 17.5. The van der Waals surface area contributed by atoms with Crippen molar-refractivity contribution in [3.05, 3.63) is 72.2 Å². The number of hydrogen-bond donors (Lipinski definition) is 0. The molecule has 0 N–H and O–H groups in total. The van der Waals surface area contributed by atoms with Crippen LogP contribution in [0.1, 0.15) is 22.5 Å². The standard InChI is InChI=1S/C19H19N3O3/c1-15-17(14-21-22(15)18-10-5-6-11-20-18)19(23)25-13-7-12-24-16-8-3-2-4-9-16/h2-6,8-11,14H,7,12-13H2,1H3. The first-order chi connectivity index (χ1) is 12.3. The summed E-state index contributed by atoms with van der Waals surface area (Å²) in [6, 6.07) is 15.1. The van der Waals surface area contributed by atoms with Gasteiger partial charge in [-0.15, -0.1) is 0 Å². The lowest BCUT2D eigenvalue weighted by molar-refractivity contribution is 0.0485. The molecule has 0 saturated carbocycles. The minimum absolute atomic E-state index is 0.292. The molecule has 6 nitrogen and oxygen atoms in total. The molecule has 128 valence electrons. The van der Waals surface area contributed by atoms with Gasteiger partial charge in [0, 0.05) is 12.6 Å². The summed E-state index contributed by atoms with van der Waals surface area (Å²) in [5, 5.41) is 4.22. The molecule has 0 amide bonds. The van der Waals surface area contributed by atoms with Crippen molar-refractivity contribution < 1.29 is 14.3 Å².